The first-order valence-corrected chi connectivity index (χ1v) is 6.25. The van der Waals surface area contributed by atoms with Gasteiger partial charge in [-0.3, -0.25) is 0 Å². The lowest BCUT2D eigenvalue weighted by Gasteiger charge is -2.35. The fraction of sp³-hybridized carbons (Fsp3) is 0.571. The van der Waals surface area contributed by atoms with E-state index in [2.05, 4.69) is 12.2 Å². The van der Waals surface area contributed by atoms with Crippen molar-refractivity contribution >= 4 is 0 Å². The molecule has 1 aliphatic rings. The Morgan fingerprint density at radius 3 is 2.41 bits per heavy atom. The van der Waals surface area contributed by atoms with Crippen molar-refractivity contribution in [2.24, 2.45) is 5.92 Å². The van der Waals surface area contributed by atoms with Gasteiger partial charge in [-0.05, 0) is 44.2 Å². The molecular formula is C14H19F2N. The van der Waals surface area contributed by atoms with Crippen LogP contribution in [0.2, 0.25) is 0 Å². The third-order valence-electron chi connectivity index (χ3n) is 3.47. The van der Waals surface area contributed by atoms with E-state index in [-0.39, 0.29) is 11.6 Å². The van der Waals surface area contributed by atoms with Crippen LogP contribution in [0.5, 0.6) is 0 Å². The van der Waals surface area contributed by atoms with Crippen LogP contribution in [0, 0.1) is 17.6 Å². The van der Waals surface area contributed by atoms with Crippen LogP contribution in [0.4, 0.5) is 8.78 Å². The number of halogens is 2. The molecule has 1 aromatic rings. The number of hydrogen-bond donors (Lipinski definition) is 1. The van der Waals surface area contributed by atoms with E-state index in [1.54, 1.807) is 0 Å². The molecule has 1 aromatic carbocycles. The van der Waals surface area contributed by atoms with E-state index in [0.717, 1.165) is 5.92 Å². The summed E-state index contributed by atoms with van der Waals surface area (Å²) in [4.78, 5) is 0. The van der Waals surface area contributed by atoms with Crippen molar-refractivity contribution in [3.8, 4) is 0 Å². The molecule has 0 bridgehead atoms. The lowest BCUT2D eigenvalue weighted by atomic mass is 9.81. The molecule has 3 heteroatoms. The first-order chi connectivity index (χ1) is 8.06. The predicted octanol–water partition coefficient (Wildman–Crippen LogP) is 3.28. The van der Waals surface area contributed by atoms with Gasteiger partial charge in [0.1, 0.15) is 11.6 Å². The van der Waals surface area contributed by atoms with Crippen molar-refractivity contribution in [2.75, 3.05) is 0 Å². The molecule has 0 aromatic heterocycles. The zero-order valence-corrected chi connectivity index (χ0v) is 10.3. The molecule has 0 aliphatic heterocycles. The maximum absolute atomic E-state index is 13.4. The summed E-state index contributed by atoms with van der Waals surface area (Å²) in [5.41, 5.74) is 0.194. The quantitative estimate of drug-likeness (QED) is 0.850. The molecular weight excluding hydrogens is 220 g/mol. The van der Waals surface area contributed by atoms with Crippen LogP contribution in [-0.2, 0) is 6.42 Å². The number of rotatable bonds is 4. The summed E-state index contributed by atoms with van der Waals surface area (Å²) in [7, 11) is 0. The minimum absolute atomic E-state index is 0.110. The Morgan fingerprint density at radius 1 is 1.29 bits per heavy atom. The Kier molecular flexibility index (Phi) is 3.77. The van der Waals surface area contributed by atoms with E-state index in [0.29, 0.717) is 12.5 Å². The molecule has 0 spiro atoms. The van der Waals surface area contributed by atoms with Crippen molar-refractivity contribution in [1.29, 1.82) is 0 Å². The molecule has 1 unspecified atom stereocenters. The minimum Gasteiger partial charge on any atom is -0.311 e. The van der Waals surface area contributed by atoms with E-state index in [4.69, 9.17) is 0 Å². The number of nitrogens with one attached hydrogen (secondary N) is 1. The number of hydrogen-bond acceptors (Lipinski definition) is 1. The SMILES string of the molecule is CC1CC(NC(C)Cc2c(F)cccc2F)C1. The molecule has 0 heterocycles. The maximum atomic E-state index is 13.4. The van der Waals surface area contributed by atoms with Gasteiger partial charge in [-0.2, -0.15) is 0 Å². The Balaban J connectivity index is 1.91. The van der Waals surface area contributed by atoms with Crippen LogP contribution in [0.1, 0.15) is 32.3 Å². The molecule has 1 N–H and O–H groups in total. The zero-order valence-electron chi connectivity index (χ0n) is 10.3. The van der Waals surface area contributed by atoms with Crippen molar-refractivity contribution in [1.82, 2.24) is 5.32 Å². The largest absolute Gasteiger partial charge is 0.311 e. The summed E-state index contributed by atoms with van der Waals surface area (Å²) >= 11 is 0. The molecule has 1 aliphatic carbocycles. The van der Waals surface area contributed by atoms with Gasteiger partial charge >= 0.3 is 0 Å². The summed E-state index contributed by atoms with van der Waals surface area (Å²) in [5.74, 6) is -0.105. The summed E-state index contributed by atoms with van der Waals surface area (Å²) in [6.45, 7) is 4.20. The molecule has 1 nitrogen and oxygen atoms in total. The summed E-state index contributed by atoms with van der Waals surface area (Å²) in [5, 5.41) is 3.42. The maximum Gasteiger partial charge on any atom is 0.129 e. The topological polar surface area (TPSA) is 12.0 Å². The number of benzene rings is 1. The van der Waals surface area contributed by atoms with Crippen LogP contribution in [0.3, 0.4) is 0 Å². The van der Waals surface area contributed by atoms with Crippen LogP contribution < -0.4 is 5.32 Å². The molecule has 1 fully saturated rings. The molecule has 2 rings (SSSR count). The first kappa shape index (κ1) is 12.5. The van der Waals surface area contributed by atoms with Gasteiger partial charge in [-0.15, -0.1) is 0 Å². The second-order valence-electron chi connectivity index (χ2n) is 5.25. The monoisotopic (exact) mass is 239 g/mol. The molecule has 0 radical (unpaired) electrons. The van der Waals surface area contributed by atoms with Crippen molar-refractivity contribution in [2.45, 2.75) is 45.2 Å². The Hall–Kier alpha value is -0.960. The van der Waals surface area contributed by atoms with Gasteiger partial charge in [-0.1, -0.05) is 13.0 Å². The lowest BCUT2D eigenvalue weighted by Crippen LogP contribution is -2.45. The second-order valence-corrected chi connectivity index (χ2v) is 5.25. The van der Waals surface area contributed by atoms with Crippen LogP contribution >= 0.6 is 0 Å². The van der Waals surface area contributed by atoms with E-state index in [9.17, 15) is 8.78 Å². The average molecular weight is 239 g/mol. The van der Waals surface area contributed by atoms with Gasteiger partial charge in [0.25, 0.3) is 0 Å². The Bertz CT molecular complexity index is 366. The van der Waals surface area contributed by atoms with E-state index >= 15 is 0 Å². The smallest absolute Gasteiger partial charge is 0.129 e. The van der Waals surface area contributed by atoms with Gasteiger partial charge < -0.3 is 5.32 Å². The van der Waals surface area contributed by atoms with Gasteiger partial charge in [-0.25, -0.2) is 8.78 Å². The first-order valence-electron chi connectivity index (χ1n) is 6.25. The Labute approximate surface area is 101 Å². The van der Waals surface area contributed by atoms with Crippen molar-refractivity contribution in [3.63, 3.8) is 0 Å². The molecule has 17 heavy (non-hydrogen) atoms. The van der Waals surface area contributed by atoms with Crippen LogP contribution in [0.25, 0.3) is 0 Å². The average Bonchev–Trinajstić information content (AvgIpc) is 2.21. The van der Waals surface area contributed by atoms with Crippen molar-refractivity contribution < 1.29 is 8.78 Å². The van der Waals surface area contributed by atoms with Gasteiger partial charge in [0.2, 0.25) is 0 Å². The van der Waals surface area contributed by atoms with E-state index < -0.39 is 11.6 Å². The lowest BCUT2D eigenvalue weighted by molar-refractivity contribution is 0.224. The van der Waals surface area contributed by atoms with E-state index in [1.807, 2.05) is 6.92 Å². The van der Waals surface area contributed by atoms with E-state index in [1.165, 1.54) is 31.0 Å². The zero-order chi connectivity index (χ0) is 12.4. The highest BCUT2D eigenvalue weighted by Gasteiger charge is 2.26. The van der Waals surface area contributed by atoms with Crippen LogP contribution in [0.15, 0.2) is 18.2 Å². The fourth-order valence-electron chi connectivity index (χ4n) is 2.53. The summed E-state index contributed by atoms with van der Waals surface area (Å²) in [6.07, 6.45) is 2.75. The normalized spacial score (nSPS) is 25.4. The van der Waals surface area contributed by atoms with Crippen LogP contribution in [-0.4, -0.2) is 12.1 Å². The third-order valence-corrected chi connectivity index (χ3v) is 3.47. The molecule has 94 valence electrons. The molecule has 0 amide bonds. The van der Waals surface area contributed by atoms with Gasteiger partial charge in [0.15, 0.2) is 0 Å². The third kappa shape index (κ3) is 3.03. The van der Waals surface area contributed by atoms with Crippen molar-refractivity contribution in [3.05, 3.63) is 35.4 Å². The van der Waals surface area contributed by atoms with Gasteiger partial charge in [0, 0.05) is 17.6 Å². The predicted molar refractivity (Wildman–Crippen MR) is 64.8 cm³/mol. The molecule has 1 atom stereocenters. The highest BCUT2D eigenvalue weighted by atomic mass is 19.1. The Morgan fingerprint density at radius 2 is 1.88 bits per heavy atom. The second kappa shape index (κ2) is 5.13. The minimum atomic E-state index is -0.444. The van der Waals surface area contributed by atoms with Gasteiger partial charge in [0.05, 0.1) is 0 Å². The standard InChI is InChI=1S/C14H19F2N/c1-9-6-11(7-9)17-10(2)8-12-13(15)4-3-5-14(12)16/h3-5,9-11,17H,6-8H2,1-2H3. The highest BCUT2D eigenvalue weighted by molar-refractivity contribution is 5.20. The molecule has 1 saturated carbocycles. The molecule has 0 saturated heterocycles. The highest BCUT2D eigenvalue weighted by Crippen LogP contribution is 2.27. The summed E-state index contributed by atoms with van der Waals surface area (Å²) in [6, 6.07) is 4.67. The fourth-order valence-corrected chi connectivity index (χ4v) is 2.53. The summed E-state index contributed by atoms with van der Waals surface area (Å²) < 4.78 is 26.9.